The van der Waals surface area contributed by atoms with Gasteiger partial charge in [0.05, 0.1) is 54.0 Å². The summed E-state index contributed by atoms with van der Waals surface area (Å²) in [5.74, 6) is -0.207. The van der Waals surface area contributed by atoms with Gasteiger partial charge >= 0.3 is 5.97 Å². The number of fused-ring (bicyclic) bond motifs is 1. The summed E-state index contributed by atoms with van der Waals surface area (Å²) < 4.78 is 24.1. The molecule has 44 heavy (non-hydrogen) atoms. The van der Waals surface area contributed by atoms with E-state index in [0.29, 0.717) is 31.1 Å². The van der Waals surface area contributed by atoms with Crippen LogP contribution in [0.2, 0.25) is 0 Å². The fourth-order valence-electron chi connectivity index (χ4n) is 5.26. The molecule has 0 spiro atoms. The number of benzene rings is 2. The van der Waals surface area contributed by atoms with Gasteiger partial charge in [0, 0.05) is 37.5 Å². The fraction of sp³-hybridized carbons (Fsp3) is 0.242. The van der Waals surface area contributed by atoms with Crippen molar-refractivity contribution in [2.45, 2.75) is 39.6 Å². The van der Waals surface area contributed by atoms with E-state index in [9.17, 15) is 14.3 Å². The van der Waals surface area contributed by atoms with E-state index >= 15 is 0 Å². The zero-order valence-electron chi connectivity index (χ0n) is 24.2. The first-order valence-electron chi connectivity index (χ1n) is 14.3. The molecule has 11 heteroatoms. The fourth-order valence-corrected chi connectivity index (χ4v) is 5.26. The van der Waals surface area contributed by atoms with Gasteiger partial charge in [-0.05, 0) is 49.2 Å². The van der Waals surface area contributed by atoms with E-state index in [4.69, 9.17) is 16.3 Å². The molecule has 4 heterocycles. The van der Waals surface area contributed by atoms with Crippen LogP contribution in [0, 0.1) is 12.4 Å². The van der Waals surface area contributed by atoms with Crippen molar-refractivity contribution in [3.05, 3.63) is 119 Å². The maximum atomic E-state index is 14.3. The van der Waals surface area contributed by atoms with Crippen molar-refractivity contribution in [2.24, 2.45) is 0 Å². The van der Waals surface area contributed by atoms with Gasteiger partial charge in [0.2, 0.25) is 5.88 Å². The van der Waals surface area contributed by atoms with Crippen molar-refractivity contribution in [3.8, 4) is 5.88 Å². The standard InChI is InChI=1S/C33H30FN7O3/c1-3-39-17-26(36-21-39)18-41-30-15-23(33(42)43)8-10-29(30)37-31(41)19-40-13-11-22(12-14-40)28-5-4-6-32(38-28)44-20-24-7-9-25(35-2)16-27(24)34/h4-11,15-17,21H,3,12-14,18-20H2,1H3,(H,42,43). The summed E-state index contributed by atoms with van der Waals surface area (Å²) in [7, 11) is 0. The third kappa shape index (κ3) is 6.21. The van der Waals surface area contributed by atoms with Crippen LogP contribution in [0.5, 0.6) is 5.88 Å². The highest BCUT2D eigenvalue weighted by atomic mass is 19.1. The molecule has 1 aliphatic rings. The van der Waals surface area contributed by atoms with Gasteiger partial charge in [-0.1, -0.05) is 24.3 Å². The van der Waals surface area contributed by atoms with Gasteiger partial charge in [0.1, 0.15) is 18.2 Å². The molecule has 10 nitrogen and oxygen atoms in total. The normalized spacial score (nSPS) is 13.5. The minimum absolute atomic E-state index is 0.0149. The number of carboxylic acids is 1. The Bertz CT molecular complexity index is 1920. The number of aryl methyl sites for hydroxylation is 1. The van der Waals surface area contributed by atoms with Crippen molar-refractivity contribution in [3.63, 3.8) is 0 Å². The van der Waals surface area contributed by atoms with E-state index in [-0.39, 0.29) is 17.9 Å². The molecule has 2 aromatic carbocycles. The van der Waals surface area contributed by atoms with Crippen molar-refractivity contribution >= 4 is 28.3 Å². The van der Waals surface area contributed by atoms with Crippen LogP contribution in [-0.2, 0) is 26.2 Å². The van der Waals surface area contributed by atoms with Crippen LogP contribution in [0.15, 0.2) is 73.2 Å². The molecule has 3 aromatic heterocycles. The Morgan fingerprint density at radius 3 is 2.75 bits per heavy atom. The first kappa shape index (κ1) is 28.8. The number of imidazole rings is 2. The van der Waals surface area contributed by atoms with Gasteiger partial charge < -0.3 is 19.0 Å². The van der Waals surface area contributed by atoms with E-state index in [1.54, 1.807) is 42.7 Å². The Kier molecular flexibility index (Phi) is 8.16. The summed E-state index contributed by atoms with van der Waals surface area (Å²) >= 11 is 0. The first-order chi connectivity index (χ1) is 21.4. The molecule has 222 valence electrons. The summed E-state index contributed by atoms with van der Waals surface area (Å²) in [5, 5.41) is 9.58. The van der Waals surface area contributed by atoms with E-state index in [2.05, 4.69) is 37.3 Å². The summed E-state index contributed by atoms with van der Waals surface area (Å²) in [6.07, 6.45) is 6.72. The Morgan fingerprint density at radius 2 is 2.02 bits per heavy atom. The molecule has 1 aliphatic heterocycles. The first-order valence-corrected chi connectivity index (χ1v) is 14.3. The second kappa shape index (κ2) is 12.5. The molecule has 0 atom stereocenters. The minimum Gasteiger partial charge on any atom is -0.478 e. The number of halogens is 1. The van der Waals surface area contributed by atoms with Gasteiger partial charge in [0.15, 0.2) is 5.69 Å². The molecule has 0 saturated heterocycles. The van der Waals surface area contributed by atoms with E-state index < -0.39 is 11.8 Å². The number of aromatic nitrogens is 5. The molecular weight excluding hydrogens is 561 g/mol. The predicted octanol–water partition coefficient (Wildman–Crippen LogP) is 5.95. The topological polar surface area (TPSA) is 103 Å². The lowest BCUT2D eigenvalue weighted by Crippen LogP contribution is -2.29. The van der Waals surface area contributed by atoms with E-state index in [0.717, 1.165) is 53.3 Å². The largest absolute Gasteiger partial charge is 0.478 e. The molecule has 1 N–H and O–H groups in total. The Balaban J connectivity index is 1.17. The van der Waals surface area contributed by atoms with Crippen LogP contribution < -0.4 is 4.74 Å². The van der Waals surface area contributed by atoms with Crippen LogP contribution in [0.1, 0.15) is 46.5 Å². The number of ether oxygens (including phenoxy) is 1. The van der Waals surface area contributed by atoms with Crippen LogP contribution in [0.25, 0.3) is 21.5 Å². The molecule has 0 saturated carbocycles. The van der Waals surface area contributed by atoms with Crippen LogP contribution in [-0.4, -0.2) is 53.2 Å². The quantitative estimate of drug-likeness (QED) is 0.200. The van der Waals surface area contributed by atoms with Crippen LogP contribution >= 0.6 is 0 Å². The zero-order valence-corrected chi connectivity index (χ0v) is 24.2. The molecule has 0 amide bonds. The highest BCUT2D eigenvalue weighted by molar-refractivity contribution is 5.92. The lowest BCUT2D eigenvalue weighted by Gasteiger charge is -2.26. The number of pyridine rings is 1. The molecule has 5 aromatic rings. The maximum absolute atomic E-state index is 14.3. The molecule has 0 unspecified atom stereocenters. The average molecular weight is 592 g/mol. The Morgan fingerprint density at radius 1 is 1.14 bits per heavy atom. The van der Waals surface area contributed by atoms with Crippen molar-refractivity contribution in [1.82, 2.24) is 29.0 Å². The molecule has 0 aliphatic carbocycles. The minimum atomic E-state index is -0.976. The molecule has 0 fully saturated rings. The van der Waals surface area contributed by atoms with Gasteiger partial charge in [0.25, 0.3) is 0 Å². The van der Waals surface area contributed by atoms with Crippen molar-refractivity contribution in [1.29, 1.82) is 0 Å². The van der Waals surface area contributed by atoms with Gasteiger partial charge in [-0.25, -0.2) is 29.0 Å². The second-order valence-electron chi connectivity index (χ2n) is 10.6. The number of rotatable bonds is 10. The Labute approximate surface area is 253 Å². The molecule has 6 rings (SSSR count). The van der Waals surface area contributed by atoms with Crippen LogP contribution in [0.3, 0.4) is 0 Å². The van der Waals surface area contributed by atoms with Crippen molar-refractivity contribution in [2.75, 3.05) is 13.1 Å². The highest BCUT2D eigenvalue weighted by Gasteiger charge is 2.20. The van der Waals surface area contributed by atoms with E-state index in [1.807, 2.05) is 22.9 Å². The third-order valence-corrected chi connectivity index (χ3v) is 7.70. The Hall–Kier alpha value is -5.34. The van der Waals surface area contributed by atoms with E-state index in [1.165, 1.54) is 6.07 Å². The monoisotopic (exact) mass is 591 g/mol. The summed E-state index contributed by atoms with van der Waals surface area (Å²) in [4.78, 5) is 31.3. The molecule has 0 bridgehead atoms. The molecular formula is C33H30FN7O3. The van der Waals surface area contributed by atoms with Gasteiger partial charge in [-0.15, -0.1) is 0 Å². The second-order valence-corrected chi connectivity index (χ2v) is 10.6. The lowest BCUT2D eigenvalue weighted by molar-refractivity contribution is 0.0697. The third-order valence-electron chi connectivity index (χ3n) is 7.70. The number of hydrogen-bond acceptors (Lipinski definition) is 6. The van der Waals surface area contributed by atoms with Crippen LogP contribution in [0.4, 0.5) is 10.1 Å². The summed E-state index contributed by atoms with van der Waals surface area (Å²) in [6, 6.07) is 14.9. The smallest absolute Gasteiger partial charge is 0.335 e. The predicted molar refractivity (Wildman–Crippen MR) is 163 cm³/mol. The van der Waals surface area contributed by atoms with Crippen molar-refractivity contribution < 1.29 is 19.0 Å². The SMILES string of the molecule is [C-]#[N+]c1ccc(COc2cccc(C3=CCN(Cc4nc5ccc(C(=O)O)cc5n4Cc4cn(CC)cn4)CC3)n2)c(F)c1. The number of hydrogen-bond donors (Lipinski definition) is 1. The van der Waals surface area contributed by atoms with Gasteiger partial charge in [-0.2, -0.15) is 0 Å². The highest BCUT2D eigenvalue weighted by Crippen LogP contribution is 2.26. The zero-order chi connectivity index (χ0) is 30.6. The number of nitrogens with zero attached hydrogens (tertiary/aromatic N) is 7. The number of carbonyl (C=O) groups is 1. The number of aromatic carboxylic acids is 1. The average Bonchev–Trinajstić information content (AvgIpc) is 3.64. The molecule has 0 radical (unpaired) electrons. The summed E-state index contributed by atoms with van der Waals surface area (Å²) in [5.41, 5.74) is 5.13. The number of carboxylic acid groups (broad SMARTS) is 1. The lowest BCUT2D eigenvalue weighted by atomic mass is 10.0. The van der Waals surface area contributed by atoms with Gasteiger partial charge in [-0.3, -0.25) is 4.90 Å². The summed E-state index contributed by atoms with van der Waals surface area (Å²) in [6.45, 7) is 12.5. The maximum Gasteiger partial charge on any atom is 0.335 e.